The van der Waals surface area contributed by atoms with Gasteiger partial charge in [-0.2, -0.15) is 0 Å². The Bertz CT molecular complexity index is 611. The highest BCUT2D eigenvalue weighted by atomic mass is 32.2. The number of nitrogens with zero attached hydrogens (tertiary/aromatic N) is 1. The van der Waals surface area contributed by atoms with Gasteiger partial charge in [0.2, 0.25) is 0 Å². The number of nitrogens with one attached hydrogen (secondary N) is 1. The number of carbonyl (C=O) groups is 1. The summed E-state index contributed by atoms with van der Waals surface area (Å²) in [5.74, 6) is -0.190. The number of ether oxygens (including phenoxy) is 1. The van der Waals surface area contributed by atoms with Gasteiger partial charge in [-0.25, -0.2) is 8.42 Å². The number of sulfonamides is 1. The van der Waals surface area contributed by atoms with Crippen LogP contribution in [0.25, 0.3) is 0 Å². The number of rotatable bonds is 7. The van der Waals surface area contributed by atoms with Crippen molar-refractivity contribution in [2.45, 2.75) is 11.8 Å². The molecule has 0 radical (unpaired) electrons. The molecule has 8 heteroatoms. The maximum atomic E-state index is 12.1. The Morgan fingerprint density at radius 1 is 1.36 bits per heavy atom. The first-order valence-corrected chi connectivity index (χ1v) is 8.52. The van der Waals surface area contributed by atoms with Crippen LogP contribution in [-0.2, 0) is 19.6 Å². The van der Waals surface area contributed by atoms with Crippen LogP contribution in [0.3, 0.4) is 0 Å². The normalized spacial score (nSPS) is 16.6. The van der Waals surface area contributed by atoms with E-state index in [0.717, 1.165) is 13.1 Å². The Balaban J connectivity index is 1.85. The summed E-state index contributed by atoms with van der Waals surface area (Å²) < 4.78 is 29.4. The summed E-state index contributed by atoms with van der Waals surface area (Å²) >= 11 is 0. The lowest BCUT2D eigenvalue weighted by Gasteiger charge is -2.26. The van der Waals surface area contributed by atoms with Crippen LogP contribution in [0.15, 0.2) is 29.2 Å². The lowest BCUT2D eigenvalue weighted by Crippen LogP contribution is -2.39. The lowest BCUT2D eigenvalue weighted by atomic mass is 10.2. The fourth-order valence-corrected chi connectivity index (χ4v) is 2.92. The second-order valence-electron chi connectivity index (χ2n) is 4.97. The molecule has 1 aromatic rings. The van der Waals surface area contributed by atoms with Crippen LogP contribution in [0.1, 0.15) is 17.3 Å². The molecule has 1 aliphatic heterocycles. The minimum absolute atomic E-state index is 0.00609. The largest absolute Gasteiger partial charge is 0.379 e. The Hall–Kier alpha value is -1.32. The number of Topliss-reactive ketones (excluding diaryl/α,β-unsaturated/α-hetero) is 1. The zero-order chi connectivity index (χ0) is 16.0. The first kappa shape index (κ1) is 17.0. The Kier molecular flexibility index (Phi) is 6.04. The quantitative estimate of drug-likeness (QED) is 0.444. The molecule has 1 heterocycles. The van der Waals surface area contributed by atoms with Crippen molar-refractivity contribution in [3.05, 3.63) is 29.8 Å². The van der Waals surface area contributed by atoms with Crippen LogP contribution in [0, 0.1) is 0 Å². The zero-order valence-electron chi connectivity index (χ0n) is 12.4. The molecule has 0 saturated carbocycles. The molecule has 0 bridgehead atoms. The molecule has 0 unspecified atom stereocenters. The Labute approximate surface area is 130 Å². The van der Waals surface area contributed by atoms with Gasteiger partial charge in [0.05, 0.1) is 24.7 Å². The smallest absolute Gasteiger partial charge is 0.262 e. The van der Waals surface area contributed by atoms with Crippen LogP contribution >= 0.6 is 0 Å². The van der Waals surface area contributed by atoms with E-state index in [9.17, 15) is 13.2 Å². The van der Waals surface area contributed by atoms with E-state index in [0.29, 0.717) is 25.3 Å². The molecule has 1 aromatic carbocycles. The van der Waals surface area contributed by atoms with E-state index in [2.05, 4.69) is 9.79 Å². The van der Waals surface area contributed by atoms with Gasteiger partial charge in [0.1, 0.15) is 0 Å². The summed E-state index contributed by atoms with van der Waals surface area (Å²) in [5.41, 5.74) is 0.344. The fourth-order valence-electron chi connectivity index (χ4n) is 2.05. The van der Waals surface area contributed by atoms with E-state index >= 15 is 0 Å². The minimum Gasteiger partial charge on any atom is -0.379 e. The van der Waals surface area contributed by atoms with Gasteiger partial charge in [0.25, 0.3) is 10.0 Å². The summed E-state index contributed by atoms with van der Waals surface area (Å²) in [5, 5.41) is 0. The molecule has 1 saturated heterocycles. The maximum Gasteiger partial charge on any atom is 0.262 e. The van der Waals surface area contributed by atoms with Gasteiger partial charge in [-0.05, 0) is 19.1 Å². The predicted molar refractivity (Wildman–Crippen MR) is 80.0 cm³/mol. The van der Waals surface area contributed by atoms with Gasteiger partial charge in [-0.3, -0.25) is 14.5 Å². The van der Waals surface area contributed by atoms with Crippen molar-refractivity contribution in [2.24, 2.45) is 0 Å². The summed E-state index contributed by atoms with van der Waals surface area (Å²) in [6.07, 6.45) is 0. The van der Waals surface area contributed by atoms with Crippen molar-refractivity contribution < 1.29 is 22.8 Å². The summed E-state index contributed by atoms with van der Waals surface area (Å²) in [6.45, 7) is 5.25. The average Bonchev–Trinajstić information content (AvgIpc) is 2.53. The van der Waals surface area contributed by atoms with Crippen LogP contribution < -0.4 is 4.89 Å². The molecule has 2 rings (SSSR count). The fraction of sp³-hybridized carbons (Fsp3) is 0.500. The third-order valence-corrected chi connectivity index (χ3v) is 4.54. The topological polar surface area (TPSA) is 84.9 Å². The van der Waals surface area contributed by atoms with Gasteiger partial charge in [-0.1, -0.05) is 17.0 Å². The van der Waals surface area contributed by atoms with Crippen molar-refractivity contribution in [2.75, 3.05) is 39.5 Å². The van der Waals surface area contributed by atoms with Crippen molar-refractivity contribution in [3.63, 3.8) is 0 Å². The van der Waals surface area contributed by atoms with E-state index < -0.39 is 10.0 Å². The first-order chi connectivity index (χ1) is 10.5. The van der Waals surface area contributed by atoms with Crippen LogP contribution in [0.4, 0.5) is 0 Å². The van der Waals surface area contributed by atoms with Crippen LogP contribution in [-0.4, -0.2) is 58.6 Å². The molecule has 7 nitrogen and oxygen atoms in total. The van der Waals surface area contributed by atoms with Crippen molar-refractivity contribution in [1.82, 2.24) is 9.79 Å². The second-order valence-corrected chi connectivity index (χ2v) is 6.62. The molecule has 0 aliphatic carbocycles. The SMILES string of the molecule is CC(=O)c1cccc(S(=O)(=O)NOCCN2CCOCC2)c1. The molecule has 0 aromatic heterocycles. The molecule has 0 amide bonds. The zero-order valence-corrected chi connectivity index (χ0v) is 13.3. The van der Waals surface area contributed by atoms with Gasteiger partial charge in [0, 0.05) is 25.2 Å². The molecular weight excluding hydrogens is 308 g/mol. The van der Waals surface area contributed by atoms with E-state index in [4.69, 9.17) is 9.57 Å². The summed E-state index contributed by atoms with van der Waals surface area (Å²) in [4.78, 5) is 20.6. The van der Waals surface area contributed by atoms with E-state index in [1.165, 1.54) is 25.1 Å². The second kappa shape index (κ2) is 7.80. The maximum absolute atomic E-state index is 12.1. The number of ketones is 1. The van der Waals surface area contributed by atoms with E-state index in [1.54, 1.807) is 6.07 Å². The standard InChI is InChI=1S/C14H20N2O5S/c1-12(17)13-3-2-4-14(11-13)22(18,19)15-21-10-7-16-5-8-20-9-6-16/h2-4,11,15H,5-10H2,1H3. The molecule has 1 aliphatic rings. The molecule has 0 spiro atoms. The highest BCUT2D eigenvalue weighted by Crippen LogP contribution is 2.12. The molecule has 0 atom stereocenters. The molecule has 122 valence electrons. The highest BCUT2D eigenvalue weighted by Gasteiger charge is 2.16. The molecule has 22 heavy (non-hydrogen) atoms. The van der Waals surface area contributed by atoms with Crippen molar-refractivity contribution >= 4 is 15.8 Å². The van der Waals surface area contributed by atoms with Gasteiger partial charge >= 0.3 is 0 Å². The van der Waals surface area contributed by atoms with E-state index in [1.807, 2.05) is 0 Å². The summed E-state index contributed by atoms with van der Waals surface area (Å²) in [6, 6.07) is 5.84. The monoisotopic (exact) mass is 328 g/mol. The van der Waals surface area contributed by atoms with Gasteiger partial charge in [-0.15, -0.1) is 0 Å². The third kappa shape index (κ3) is 4.85. The van der Waals surface area contributed by atoms with Gasteiger partial charge < -0.3 is 4.74 Å². The Morgan fingerprint density at radius 3 is 2.77 bits per heavy atom. The van der Waals surface area contributed by atoms with Gasteiger partial charge in [0.15, 0.2) is 5.78 Å². The van der Waals surface area contributed by atoms with E-state index in [-0.39, 0.29) is 17.3 Å². The van der Waals surface area contributed by atoms with Crippen molar-refractivity contribution in [3.8, 4) is 0 Å². The molecular formula is C14H20N2O5S. The molecule has 1 N–H and O–H groups in total. The first-order valence-electron chi connectivity index (χ1n) is 7.04. The minimum atomic E-state index is -3.79. The Morgan fingerprint density at radius 2 is 2.09 bits per heavy atom. The summed E-state index contributed by atoms with van der Waals surface area (Å²) in [7, 11) is -3.79. The molecule has 1 fully saturated rings. The van der Waals surface area contributed by atoms with Crippen LogP contribution in [0.2, 0.25) is 0 Å². The number of hydrogen-bond donors (Lipinski definition) is 1. The number of hydrogen-bond acceptors (Lipinski definition) is 6. The predicted octanol–water partition coefficient (Wildman–Crippen LogP) is 0.431. The number of benzene rings is 1. The lowest BCUT2D eigenvalue weighted by molar-refractivity contribution is 0.0125. The average molecular weight is 328 g/mol. The van der Waals surface area contributed by atoms with Crippen molar-refractivity contribution in [1.29, 1.82) is 0 Å². The third-order valence-electron chi connectivity index (χ3n) is 3.33. The number of morpholine rings is 1. The number of carbonyl (C=O) groups excluding carboxylic acids is 1. The van der Waals surface area contributed by atoms with Crippen LogP contribution in [0.5, 0.6) is 0 Å². The highest BCUT2D eigenvalue weighted by molar-refractivity contribution is 7.89.